The fraction of sp³-hybridized carbons (Fsp3) is 0.500. The highest BCUT2D eigenvalue weighted by Crippen LogP contribution is 2.60. The van der Waals surface area contributed by atoms with Gasteiger partial charge >= 0.3 is 0 Å². The van der Waals surface area contributed by atoms with E-state index in [0.717, 1.165) is 0 Å². The molecule has 0 saturated carbocycles. The summed E-state index contributed by atoms with van der Waals surface area (Å²) in [5.41, 5.74) is 9.36. The molecule has 0 saturated heterocycles. The standard InChI is InChI=1S/C24H32/c1-7-23(8-2)21-15-17(5)11-13-19(21)20-14-12-18(6)16-22(20)24(23,9-3)10-4/h11-16H,7-10H2,1-6H3. The first-order valence-corrected chi connectivity index (χ1v) is 9.72. The fourth-order valence-corrected chi connectivity index (χ4v) is 5.71. The quantitative estimate of drug-likeness (QED) is 0.563. The Bertz CT molecular complexity index is 677. The van der Waals surface area contributed by atoms with Crippen molar-refractivity contribution in [2.45, 2.75) is 78.1 Å². The molecule has 0 aliphatic heterocycles. The molecule has 0 heterocycles. The third-order valence-electron chi connectivity index (χ3n) is 7.00. The Balaban J connectivity index is 2.49. The van der Waals surface area contributed by atoms with Crippen molar-refractivity contribution < 1.29 is 0 Å². The Kier molecular flexibility index (Phi) is 4.36. The maximum atomic E-state index is 2.48. The lowest BCUT2D eigenvalue weighted by Crippen LogP contribution is -2.50. The summed E-state index contributed by atoms with van der Waals surface area (Å²) in [6.45, 7) is 14.1. The Morgan fingerprint density at radius 2 is 0.917 bits per heavy atom. The van der Waals surface area contributed by atoms with Crippen LogP contribution in [0.4, 0.5) is 0 Å². The van der Waals surface area contributed by atoms with E-state index < -0.39 is 0 Å². The molecule has 0 aromatic heterocycles. The molecule has 24 heavy (non-hydrogen) atoms. The molecular formula is C24H32. The van der Waals surface area contributed by atoms with E-state index in [0.29, 0.717) is 0 Å². The Labute approximate surface area is 148 Å². The van der Waals surface area contributed by atoms with Crippen LogP contribution >= 0.6 is 0 Å². The minimum absolute atomic E-state index is 0.235. The minimum atomic E-state index is 0.235. The van der Waals surface area contributed by atoms with Gasteiger partial charge in [0, 0.05) is 10.8 Å². The van der Waals surface area contributed by atoms with Crippen molar-refractivity contribution >= 4 is 0 Å². The van der Waals surface area contributed by atoms with Gasteiger partial charge in [-0.15, -0.1) is 0 Å². The van der Waals surface area contributed by atoms with Crippen LogP contribution in [0.2, 0.25) is 0 Å². The molecule has 1 aliphatic rings. The first-order chi connectivity index (χ1) is 11.5. The molecule has 0 spiro atoms. The van der Waals surface area contributed by atoms with E-state index >= 15 is 0 Å². The van der Waals surface area contributed by atoms with E-state index in [2.05, 4.69) is 77.9 Å². The molecule has 0 N–H and O–H groups in total. The molecule has 0 unspecified atom stereocenters. The number of rotatable bonds is 4. The van der Waals surface area contributed by atoms with Gasteiger partial charge in [-0.25, -0.2) is 0 Å². The second kappa shape index (κ2) is 6.06. The fourth-order valence-electron chi connectivity index (χ4n) is 5.71. The third kappa shape index (κ3) is 2.05. The zero-order valence-corrected chi connectivity index (χ0v) is 16.3. The summed E-state index contributed by atoms with van der Waals surface area (Å²) in [4.78, 5) is 0. The summed E-state index contributed by atoms with van der Waals surface area (Å²) in [5.74, 6) is 0. The predicted molar refractivity (Wildman–Crippen MR) is 106 cm³/mol. The highest BCUT2D eigenvalue weighted by atomic mass is 14.6. The van der Waals surface area contributed by atoms with Crippen molar-refractivity contribution in [3.63, 3.8) is 0 Å². The zero-order valence-electron chi connectivity index (χ0n) is 16.3. The maximum absolute atomic E-state index is 2.48. The Morgan fingerprint density at radius 1 is 0.583 bits per heavy atom. The Hall–Kier alpha value is -1.56. The number of aryl methyl sites for hydroxylation is 2. The molecule has 0 radical (unpaired) electrons. The van der Waals surface area contributed by atoms with Crippen LogP contribution in [0.1, 0.15) is 75.6 Å². The number of hydrogen-bond acceptors (Lipinski definition) is 0. The second-order valence-corrected chi connectivity index (χ2v) is 7.68. The van der Waals surface area contributed by atoms with Crippen LogP contribution in [0.25, 0.3) is 11.1 Å². The van der Waals surface area contributed by atoms with E-state index in [1.165, 1.54) is 47.9 Å². The summed E-state index contributed by atoms with van der Waals surface area (Å²) in [7, 11) is 0. The minimum Gasteiger partial charge on any atom is -0.0645 e. The molecule has 0 fully saturated rings. The summed E-state index contributed by atoms with van der Waals surface area (Å²) in [6, 6.07) is 14.3. The smallest absolute Gasteiger partial charge is 0.00508 e. The molecule has 0 atom stereocenters. The van der Waals surface area contributed by atoms with E-state index in [1.54, 1.807) is 11.1 Å². The normalized spacial score (nSPS) is 17.2. The van der Waals surface area contributed by atoms with Gasteiger partial charge in [0.25, 0.3) is 0 Å². The highest BCUT2D eigenvalue weighted by molar-refractivity contribution is 5.78. The lowest BCUT2D eigenvalue weighted by Gasteiger charge is -2.55. The molecule has 1 aliphatic carbocycles. The van der Waals surface area contributed by atoms with Crippen molar-refractivity contribution in [1.82, 2.24) is 0 Å². The van der Waals surface area contributed by atoms with Gasteiger partial charge in [0.15, 0.2) is 0 Å². The van der Waals surface area contributed by atoms with Crippen LogP contribution in [0.5, 0.6) is 0 Å². The van der Waals surface area contributed by atoms with Crippen LogP contribution in [0, 0.1) is 13.8 Å². The van der Waals surface area contributed by atoms with Crippen molar-refractivity contribution in [2.75, 3.05) is 0 Å². The summed E-state index contributed by atoms with van der Waals surface area (Å²) in [5, 5.41) is 0. The maximum Gasteiger partial charge on any atom is 0.00508 e. The van der Waals surface area contributed by atoms with Crippen molar-refractivity contribution in [3.05, 3.63) is 58.7 Å². The second-order valence-electron chi connectivity index (χ2n) is 7.68. The Morgan fingerprint density at radius 3 is 1.21 bits per heavy atom. The molecule has 128 valence electrons. The largest absolute Gasteiger partial charge is 0.0645 e. The third-order valence-corrected chi connectivity index (χ3v) is 7.00. The van der Waals surface area contributed by atoms with E-state index in [4.69, 9.17) is 0 Å². The van der Waals surface area contributed by atoms with E-state index in [1.807, 2.05) is 0 Å². The summed E-state index contributed by atoms with van der Waals surface area (Å²) < 4.78 is 0. The molecular weight excluding hydrogens is 288 g/mol. The van der Waals surface area contributed by atoms with Crippen LogP contribution in [-0.2, 0) is 10.8 Å². The number of fused-ring (bicyclic) bond motifs is 3. The SMILES string of the molecule is CCC1(CC)c2cc(C)ccc2-c2ccc(C)cc2C1(CC)CC. The molecule has 2 aromatic rings. The first kappa shape index (κ1) is 17.3. The van der Waals surface area contributed by atoms with Crippen LogP contribution in [0.15, 0.2) is 36.4 Å². The lowest BCUT2D eigenvalue weighted by atomic mass is 9.48. The lowest BCUT2D eigenvalue weighted by molar-refractivity contribution is 0.174. The van der Waals surface area contributed by atoms with Gasteiger partial charge in [0.2, 0.25) is 0 Å². The zero-order chi connectivity index (χ0) is 17.5. The monoisotopic (exact) mass is 320 g/mol. The van der Waals surface area contributed by atoms with Gasteiger partial charge in [0.1, 0.15) is 0 Å². The molecule has 0 heteroatoms. The van der Waals surface area contributed by atoms with Gasteiger partial charge in [0.05, 0.1) is 0 Å². The highest BCUT2D eigenvalue weighted by Gasteiger charge is 2.53. The topological polar surface area (TPSA) is 0 Å². The molecule has 0 nitrogen and oxygen atoms in total. The molecule has 0 amide bonds. The first-order valence-electron chi connectivity index (χ1n) is 9.72. The average Bonchev–Trinajstić information content (AvgIpc) is 2.60. The van der Waals surface area contributed by atoms with Gasteiger partial charge in [-0.3, -0.25) is 0 Å². The van der Waals surface area contributed by atoms with Crippen molar-refractivity contribution in [2.24, 2.45) is 0 Å². The van der Waals surface area contributed by atoms with Gasteiger partial charge < -0.3 is 0 Å². The van der Waals surface area contributed by atoms with Gasteiger partial charge in [-0.05, 0) is 61.8 Å². The average molecular weight is 321 g/mol. The van der Waals surface area contributed by atoms with E-state index in [9.17, 15) is 0 Å². The van der Waals surface area contributed by atoms with Crippen LogP contribution < -0.4 is 0 Å². The number of hydrogen-bond donors (Lipinski definition) is 0. The van der Waals surface area contributed by atoms with Gasteiger partial charge in [-0.1, -0.05) is 75.2 Å². The number of benzene rings is 2. The van der Waals surface area contributed by atoms with Crippen LogP contribution in [0.3, 0.4) is 0 Å². The van der Waals surface area contributed by atoms with E-state index in [-0.39, 0.29) is 10.8 Å². The van der Waals surface area contributed by atoms with Crippen LogP contribution in [-0.4, -0.2) is 0 Å². The van der Waals surface area contributed by atoms with Gasteiger partial charge in [-0.2, -0.15) is 0 Å². The molecule has 3 rings (SSSR count). The van der Waals surface area contributed by atoms with Crippen molar-refractivity contribution in [3.8, 4) is 11.1 Å². The molecule has 2 aromatic carbocycles. The summed E-state index contributed by atoms with van der Waals surface area (Å²) in [6.07, 6.45) is 4.81. The molecule has 0 bridgehead atoms. The summed E-state index contributed by atoms with van der Waals surface area (Å²) >= 11 is 0. The van der Waals surface area contributed by atoms with Crippen molar-refractivity contribution in [1.29, 1.82) is 0 Å². The predicted octanol–water partition coefficient (Wildman–Crippen LogP) is 7.10.